The van der Waals surface area contributed by atoms with Gasteiger partial charge in [-0.1, -0.05) is 55.2 Å². The molecule has 32 heavy (non-hydrogen) atoms. The second-order valence-electron chi connectivity index (χ2n) is 8.13. The summed E-state index contributed by atoms with van der Waals surface area (Å²) in [6, 6.07) is 10.8. The third-order valence-corrected chi connectivity index (χ3v) is 7.82. The molecule has 174 valence electrons. The van der Waals surface area contributed by atoms with Gasteiger partial charge in [0, 0.05) is 17.0 Å². The maximum absolute atomic E-state index is 13.3. The highest BCUT2D eigenvalue weighted by Crippen LogP contribution is 2.43. The molecular weight excluding hydrogens is 471 g/mol. The predicted molar refractivity (Wildman–Crippen MR) is 129 cm³/mol. The number of benzene rings is 2. The minimum absolute atomic E-state index is 0.160. The summed E-state index contributed by atoms with van der Waals surface area (Å²) in [7, 11) is -3.83. The van der Waals surface area contributed by atoms with E-state index < -0.39 is 27.6 Å². The van der Waals surface area contributed by atoms with Crippen LogP contribution in [0, 0.1) is 0 Å². The van der Waals surface area contributed by atoms with Gasteiger partial charge in [0.05, 0.1) is 23.0 Å². The Hall–Kier alpha value is -1.96. The summed E-state index contributed by atoms with van der Waals surface area (Å²) >= 11 is 12.3. The zero-order chi connectivity index (χ0) is 23.7. The van der Waals surface area contributed by atoms with Crippen LogP contribution in [0.5, 0.6) is 5.75 Å². The van der Waals surface area contributed by atoms with Crippen molar-refractivity contribution in [2.45, 2.75) is 57.7 Å². The van der Waals surface area contributed by atoms with E-state index in [1.165, 1.54) is 19.1 Å². The van der Waals surface area contributed by atoms with Gasteiger partial charge in [-0.15, -0.1) is 0 Å². The second-order valence-corrected chi connectivity index (χ2v) is 10.8. The number of hydrogen-bond acceptors (Lipinski definition) is 4. The highest BCUT2D eigenvalue weighted by molar-refractivity contribution is 7.92. The summed E-state index contributed by atoms with van der Waals surface area (Å²) in [6.45, 7) is 5.66. The van der Waals surface area contributed by atoms with E-state index in [1.807, 2.05) is 24.3 Å². The van der Waals surface area contributed by atoms with Gasteiger partial charge < -0.3 is 10.1 Å². The first-order valence-corrected chi connectivity index (χ1v) is 13.1. The monoisotopic (exact) mass is 498 g/mol. The van der Waals surface area contributed by atoms with Gasteiger partial charge in [0.15, 0.2) is 0 Å². The van der Waals surface area contributed by atoms with Crippen molar-refractivity contribution in [1.82, 2.24) is 5.32 Å². The molecule has 0 aliphatic carbocycles. The van der Waals surface area contributed by atoms with Gasteiger partial charge in [-0.2, -0.15) is 0 Å². The number of para-hydroxylation sites is 1. The summed E-state index contributed by atoms with van der Waals surface area (Å²) in [5.41, 5.74) is 0.632. The van der Waals surface area contributed by atoms with Crippen LogP contribution in [0.2, 0.25) is 10.0 Å². The van der Waals surface area contributed by atoms with Crippen LogP contribution < -0.4 is 14.4 Å². The minimum Gasteiger partial charge on any atom is -0.487 e. The zero-order valence-electron chi connectivity index (χ0n) is 18.6. The van der Waals surface area contributed by atoms with Gasteiger partial charge >= 0.3 is 0 Å². The lowest BCUT2D eigenvalue weighted by Crippen LogP contribution is -2.51. The highest BCUT2D eigenvalue weighted by atomic mass is 35.5. The Balaban J connectivity index is 1.95. The molecule has 0 aromatic heterocycles. The average Bonchev–Trinajstić information content (AvgIpc) is 2.75. The standard InChI is InChI=1S/C23H28Cl2N2O4S/c1-5-23(6-2)14-19(17-9-7-8-10-21(17)31-23)26-22(28)15(3)27(32(4,29)30)20-13-16(24)11-12-18(20)25/h7-13,15,19H,5-6,14H2,1-4H3,(H,26,28)/t15-,19-/m0/s1. The summed E-state index contributed by atoms with van der Waals surface area (Å²) in [6.07, 6.45) is 3.20. The number of hydrogen-bond donors (Lipinski definition) is 1. The maximum atomic E-state index is 13.3. The number of nitrogens with zero attached hydrogens (tertiary/aromatic N) is 1. The largest absolute Gasteiger partial charge is 0.487 e. The van der Waals surface area contributed by atoms with Crippen LogP contribution in [0.1, 0.15) is 51.6 Å². The Morgan fingerprint density at radius 1 is 1.22 bits per heavy atom. The van der Waals surface area contributed by atoms with Crippen LogP contribution in [0.25, 0.3) is 0 Å². The van der Waals surface area contributed by atoms with E-state index in [-0.39, 0.29) is 16.8 Å². The van der Waals surface area contributed by atoms with Gasteiger partial charge in [-0.3, -0.25) is 9.10 Å². The van der Waals surface area contributed by atoms with Crippen molar-refractivity contribution in [3.05, 3.63) is 58.1 Å². The summed E-state index contributed by atoms with van der Waals surface area (Å²) in [4.78, 5) is 13.3. The lowest BCUT2D eigenvalue weighted by atomic mass is 9.83. The van der Waals surface area contributed by atoms with Crippen LogP contribution in [-0.4, -0.2) is 32.2 Å². The number of ether oxygens (including phenoxy) is 1. The molecule has 0 spiro atoms. The third kappa shape index (κ3) is 5.00. The first-order chi connectivity index (χ1) is 15.0. The van der Waals surface area contributed by atoms with Crippen molar-refractivity contribution < 1.29 is 17.9 Å². The van der Waals surface area contributed by atoms with E-state index in [0.717, 1.165) is 34.7 Å². The zero-order valence-corrected chi connectivity index (χ0v) is 20.9. The van der Waals surface area contributed by atoms with Gasteiger partial charge in [0.2, 0.25) is 15.9 Å². The van der Waals surface area contributed by atoms with Crippen LogP contribution in [0.4, 0.5) is 5.69 Å². The van der Waals surface area contributed by atoms with Crippen molar-refractivity contribution in [3.8, 4) is 5.75 Å². The van der Waals surface area contributed by atoms with Crippen LogP contribution in [0.15, 0.2) is 42.5 Å². The number of carbonyl (C=O) groups is 1. The lowest BCUT2D eigenvalue weighted by molar-refractivity contribution is -0.123. The van der Waals surface area contributed by atoms with E-state index in [1.54, 1.807) is 6.07 Å². The number of sulfonamides is 1. The minimum atomic E-state index is -3.83. The SMILES string of the molecule is CCC1(CC)C[C@H](NC(=O)[C@H](C)N(c2cc(Cl)ccc2Cl)S(C)(=O)=O)c2ccccc2O1. The van der Waals surface area contributed by atoms with Gasteiger partial charge in [-0.05, 0) is 44.0 Å². The van der Waals surface area contributed by atoms with E-state index in [0.29, 0.717) is 11.4 Å². The Bertz CT molecular complexity index is 1100. The van der Waals surface area contributed by atoms with Gasteiger partial charge in [-0.25, -0.2) is 8.42 Å². The highest BCUT2D eigenvalue weighted by Gasteiger charge is 2.40. The number of nitrogens with one attached hydrogen (secondary N) is 1. The molecule has 1 aliphatic rings. The first kappa shape index (κ1) is 24.7. The Morgan fingerprint density at radius 2 is 1.88 bits per heavy atom. The summed E-state index contributed by atoms with van der Waals surface area (Å²) < 4.78 is 32.6. The second kappa shape index (κ2) is 9.49. The molecule has 0 fully saturated rings. The van der Waals surface area contributed by atoms with E-state index in [9.17, 15) is 13.2 Å². The van der Waals surface area contributed by atoms with Crippen molar-refractivity contribution in [2.24, 2.45) is 0 Å². The van der Waals surface area contributed by atoms with E-state index in [4.69, 9.17) is 27.9 Å². The number of carbonyl (C=O) groups excluding carboxylic acids is 1. The molecule has 2 aromatic carbocycles. The van der Waals surface area contributed by atoms with Crippen LogP contribution in [0.3, 0.4) is 0 Å². The third-order valence-electron chi connectivity index (χ3n) is 6.04. The van der Waals surface area contributed by atoms with Crippen molar-refractivity contribution in [2.75, 3.05) is 10.6 Å². The van der Waals surface area contributed by atoms with E-state index in [2.05, 4.69) is 19.2 Å². The molecule has 1 amide bonds. The molecule has 1 aliphatic heterocycles. The smallest absolute Gasteiger partial charge is 0.244 e. The molecule has 0 unspecified atom stereocenters. The molecule has 6 nitrogen and oxygen atoms in total. The van der Waals surface area contributed by atoms with Crippen molar-refractivity contribution >= 4 is 44.8 Å². The molecule has 0 bridgehead atoms. The first-order valence-electron chi connectivity index (χ1n) is 10.5. The van der Waals surface area contributed by atoms with E-state index >= 15 is 0 Å². The fourth-order valence-corrected chi connectivity index (χ4v) is 5.76. The molecule has 3 rings (SSSR count). The van der Waals surface area contributed by atoms with Crippen LogP contribution >= 0.6 is 23.2 Å². The summed E-state index contributed by atoms with van der Waals surface area (Å²) in [5.74, 6) is 0.299. The molecule has 1 N–H and O–H groups in total. The Kier molecular flexibility index (Phi) is 7.32. The molecular formula is C23H28Cl2N2O4S. The number of anilines is 1. The van der Waals surface area contributed by atoms with Gasteiger partial charge in [0.1, 0.15) is 17.4 Å². The maximum Gasteiger partial charge on any atom is 0.244 e. The molecule has 2 aromatic rings. The number of amides is 1. The molecule has 0 saturated carbocycles. The summed E-state index contributed by atoms with van der Waals surface area (Å²) in [5, 5.41) is 3.56. The van der Waals surface area contributed by atoms with Gasteiger partial charge in [0.25, 0.3) is 0 Å². The normalized spacial score (nSPS) is 18.2. The lowest BCUT2D eigenvalue weighted by Gasteiger charge is -2.42. The number of rotatable bonds is 7. The Labute approximate surface area is 199 Å². The number of fused-ring (bicyclic) bond motifs is 1. The number of halogens is 2. The fraction of sp³-hybridized carbons (Fsp3) is 0.435. The Morgan fingerprint density at radius 3 is 2.50 bits per heavy atom. The quantitative estimate of drug-likeness (QED) is 0.558. The topological polar surface area (TPSA) is 75.7 Å². The fourth-order valence-electron chi connectivity index (χ4n) is 4.16. The molecule has 2 atom stereocenters. The molecule has 1 heterocycles. The average molecular weight is 499 g/mol. The van der Waals surface area contributed by atoms with Crippen molar-refractivity contribution in [1.29, 1.82) is 0 Å². The van der Waals surface area contributed by atoms with Crippen LogP contribution in [-0.2, 0) is 14.8 Å². The predicted octanol–water partition coefficient (Wildman–Crippen LogP) is 5.35. The molecule has 0 saturated heterocycles. The molecule has 9 heteroatoms. The van der Waals surface area contributed by atoms with Crippen molar-refractivity contribution in [3.63, 3.8) is 0 Å². The molecule has 0 radical (unpaired) electrons.